The van der Waals surface area contributed by atoms with Crippen LogP contribution in [0.3, 0.4) is 0 Å². The first kappa shape index (κ1) is 8.96. The van der Waals surface area contributed by atoms with Gasteiger partial charge in [0.15, 0.2) is 0 Å². The van der Waals surface area contributed by atoms with Crippen LogP contribution in [-0.2, 0) is 4.79 Å². The summed E-state index contributed by atoms with van der Waals surface area (Å²) in [5.74, 6) is -0.698. The average molecular weight is 196 g/mol. The van der Waals surface area contributed by atoms with Gasteiger partial charge in [-0.15, -0.1) is 0 Å². The van der Waals surface area contributed by atoms with Crippen LogP contribution in [0.4, 0.5) is 15.8 Å². The second kappa shape index (κ2) is 3.26. The first-order valence-corrected chi connectivity index (χ1v) is 4.18. The molecule has 1 aliphatic heterocycles. The van der Waals surface area contributed by atoms with Gasteiger partial charge >= 0.3 is 0 Å². The number of halogens is 1. The van der Waals surface area contributed by atoms with Gasteiger partial charge in [-0.05, 0) is 18.2 Å². The molecule has 4 nitrogen and oxygen atoms in total. The van der Waals surface area contributed by atoms with E-state index < -0.39 is 6.04 Å². The highest BCUT2D eigenvalue weighted by atomic mass is 19.1. The summed E-state index contributed by atoms with van der Waals surface area (Å²) in [6.07, 6.45) is 0. The molecule has 1 aliphatic rings. The lowest BCUT2D eigenvalue weighted by atomic mass is 10.1. The maximum atomic E-state index is 12.8. The second-order valence-electron chi connectivity index (χ2n) is 3.06. The lowest BCUT2D eigenvalue weighted by molar-refractivity contribution is -0.117. The van der Waals surface area contributed by atoms with Gasteiger partial charge in [-0.25, -0.2) is 4.39 Å². The number of carbonyl (C=O) groups excluding carboxylic acids is 1. The number of rotatable bonds is 1. The number of hydrogen-bond acceptors (Lipinski definition) is 3. The first-order valence-electron chi connectivity index (χ1n) is 4.18. The van der Waals surface area contributed by atoms with Crippen molar-refractivity contribution in [2.24, 2.45) is 0 Å². The van der Waals surface area contributed by atoms with Gasteiger partial charge in [0.05, 0.1) is 18.0 Å². The first-order chi connectivity index (χ1) is 6.70. The Hall–Kier alpha value is -1.62. The minimum Gasteiger partial charge on any atom is -0.394 e. The van der Waals surface area contributed by atoms with E-state index in [0.29, 0.717) is 11.4 Å². The standard InChI is InChI=1S/C9H9FN2O2/c10-5-1-2-6-7(3-5)11-8(4-13)9(14)12-6/h1-3,8,11,13H,4H2,(H,12,14). The molecule has 0 bridgehead atoms. The molecule has 1 aromatic rings. The molecule has 1 unspecified atom stereocenters. The van der Waals surface area contributed by atoms with Gasteiger partial charge in [0, 0.05) is 0 Å². The minimum atomic E-state index is -0.704. The molecular formula is C9H9FN2O2. The molecule has 1 amide bonds. The van der Waals surface area contributed by atoms with Gasteiger partial charge in [-0.3, -0.25) is 4.79 Å². The van der Waals surface area contributed by atoms with Gasteiger partial charge in [-0.1, -0.05) is 0 Å². The van der Waals surface area contributed by atoms with Gasteiger partial charge < -0.3 is 15.7 Å². The zero-order valence-corrected chi connectivity index (χ0v) is 7.25. The number of amides is 1. The lowest BCUT2D eigenvalue weighted by Crippen LogP contribution is -2.41. The van der Waals surface area contributed by atoms with Crippen LogP contribution in [0.15, 0.2) is 18.2 Å². The molecule has 0 fully saturated rings. The van der Waals surface area contributed by atoms with Crippen molar-refractivity contribution >= 4 is 17.3 Å². The van der Waals surface area contributed by atoms with Crippen molar-refractivity contribution in [2.45, 2.75) is 6.04 Å². The molecule has 0 saturated carbocycles. The molecule has 0 aromatic heterocycles. The quantitative estimate of drug-likeness (QED) is 0.614. The van der Waals surface area contributed by atoms with E-state index in [1.165, 1.54) is 18.2 Å². The van der Waals surface area contributed by atoms with Crippen molar-refractivity contribution in [3.63, 3.8) is 0 Å². The van der Waals surface area contributed by atoms with Crippen LogP contribution in [0.25, 0.3) is 0 Å². The zero-order chi connectivity index (χ0) is 10.1. The lowest BCUT2D eigenvalue weighted by Gasteiger charge is -2.25. The molecule has 1 heterocycles. The number of fused-ring (bicyclic) bond motifs is 1. The average Bonchev–Trinajstić information content (AvgIpc) is 2.17. The maximum absolute atomic E-state index is 12.8. The van der Waals surface area contributed by atoms with Gasteiger partial charge in [0.2, 0.25) is 5.91 Å². The summed E-state index contributed by atoms with van der Waals surface area (Å²) in [5, 5.41) is 14.1. The molecule has 1 aromatic carbocycles. The molecule has 2 rings (SSSR count). The number of nitrogens with one attached hydrogen (secondary N) is 2. The predicted octanol–water partition coefficient (Wildman–Crippen LogP) is 0.551. The molecular weight excluding hydrogens is 187 g/mol. The van der Waals surface area contributed by atoms with Crippen LogP contribution in [0.1, 0.15) is 0 Å². The highest BCUT2D eigenvalue weighted by Crippen LogP contribution is 2.26. The Labute approximate surface area is 79.7 Å². The monoisotopic (exact) mass is 196 g/mol. The van der Waals surface area contributed by atoms with Crippen LogP contribution < -0.4 is 10.6 Å². The van der Waals surface area contributed by atoms with Crippen molar-refractivity contribution < 1.29 is 14.3 Å². The number of anilines is 2. The molecule has 0 spiro atoms. The summed E-state index contributed by atoms with van der Waals surface area (Å²) in [5.41, 5.74) is 1.02. The SMILES string of the molecule is O=C1Nc2ccc(F)cc2NC1CO. The molecule has 5 heteroatoms. The largest absolute Gasteiger partial charge is 0.394 e. The Morgan fingerprint density at radius 2 is 2.21 bits per heavy atom. The van der Waals surface area contributed by atoms with Crippen molar-refractivity contribution in [3.8, 4) is 0 Å². The summed E-state index contributed by atoms with van der Waals surface area (Å²) >= 11 is 0. The number of aliphatic hydroxyl groups is 1. The van der Waals surface area contributed by atoms with E-state index in [1.54, 1.807) is 0 Å². The van der Waals surface area contributed by atoms with E-state index >= 15 is 0 Å². The van der Waals surface area contributed by atoms with Crippen LogP contribution in [0.2, 0.25) is 0 Å². The van der Waals surface area contributed by atoms with E-state index in [9.17, 15) is 9.18 Å². The highest BCUT2D eigenvalue weighted by Gasteiger charge is 2.24. The Kier molecular flexibility index (Phi) is 2.09. The third-order valence-electron chi connectivity index (χ3n) is 2.07. The molecule has 1 atom stereocenters. The summed E-state index contributed by atoms with van der Waals surface area (Å²) in [4.78, 5) is 11.2. The number of carbonyl (C=O) groups is 1. The van der Waals surface area contributed by atoms with E-state index in [-0.39, 0.29) is 18.3 Å². The van der Waals surface area contributed by atoms with E-state index in [1.807, 2.05) is 0 Å². The van der Waals surface area contributed by atoms with Crippen LogP contribution in [-0.4, -0.2) is 23.7 Å². The fourth-order valence-electron chi connectivity index (χ4n) is 1.35. The van der Waals surface area contributed by atoms with E-state index in [0.717, 1.165) is 0 Å². The van der Waals surface area contributed by atoms with Crippen molar-refractivity contribution in [3.05, 3.63) is 24.0 Å². The number of hydrogen-bond donors (Lipinski definition) is 3. The topological polar surface area (TPSA) is 61.4 Å². The number of aliphatic hydroxyl groups excluding tert-OH is 1. The second-order valence-corrected chi connectivity index (χ2v) is 3.06. The van der Waals surface area contributed by atoms with Gasteiger partial charge in [-0.2, -0.15) is 0 Å². The van der Waals surface area contributed by atoms with Crippen molar-refractivity contribution in [1.29, 1.82) is 0 Å². The molecule has 0 saturated heterocycles. The molecule has 74 valence electrons. The number of benzene rings is 1. The molecule has 3 N–H and O–H groups in total. The fraction of sp³-hybridized carbons (Fsp3) is 0.222. The van der Waals surface area contributed by atoms with Gasteiger partial charge in [0.1, 0.15) is 11.9 Å². The third kappa shape index (κ3) is 1.42. The van der Waals surface area contributed by atoms with Crippen LogP contribution in [0, 0.1) is 5.82 Å². The smallest absolute Gasteiger partial charge is 0.249 e. The van der Waals surface area contributed by atoms with Crippen LogP contribution >= 0.6 is 0 Å². The minimum absolute atomic E-state index is 0.313. The maximum Gasteiger partial charge on any atom is 0.249 e. The van der Waals surface area contributed by atoms with Crippen molar-refractivity contribution in [1.82, 2.24) is 0 Å². The third-order valence-corrected chi connectivity index (χ3v) is 2.07. The molecule has 0 aliphatic carbocycles. The zero-order valence-electron chi connectivity index (χ0n) is 7.25. The van der Waals surface area contributed by atoms with Crippen LogP contribution in [0.5, 0.6) is 0 Å². The highest BCUT2D eigenvalue weighted by molar-refractivity contribution is 6.02. The molecule has 14 heavy (non-hydrogen) atoms. The summed E-state index contributed by atoms with van der Waals surface area (Å²) in [6, 6.07) is 3.31. The van der Waals surface area contributed by atoms with Crippen molar-refractivity contribution in [2.75, 3.05) is 17.2 Å². The van der Waals surface area contributed by atoms with E-state index in [4.69, 9.17) is 5.11 Å². The summed E-state index contributed by atoms with van der Waals surface area (Å²) < 4.78 is 12.8. The Morgan fingerprint density at radius 1 is 1.43 bits per heavy atom. The predicted molar refractivity (Wildman–Crippen MR) is 49.5 cm³/mol. The molecule has 0 radical (unpaired) electrons. The van der Waals surface area contributed by atoms with E-state index in [2.05, 4.69) is 10.6 Å². The fourth-order valence-corrected chi connectivity index (χ4v) is 1.35. The Bertz CT molecular complexity index is 381. The summed E-state index contributed by atoms with van der Waals surface area (Å²) in [7, 11) is 0. The normalized spacial score (nSPS) is 19.6. The van der Waals surface area contributed by atoms with Gasteiger partial charge in [0.25, 0.3) is 0 Å². The Morgan fingerprint density at radius 3 is 2.93 bits per heavy atom. The summed E-state index contributed by atoms with van der Waals surface area (Å²) in [6.45, 7) is -0.318. The Balaban J connectivity index is 2.36.